The second-order valence-electron chi connectivity index (χ2n) is 5.23. The van der Waals surface area contributed by atoms with Crippen LogP contribution in [-0.2, 0) is 15.8 Å². The van der Waals surface area contributed by atoms with Crippen molar-refractivity contribution in [2.24, 2.45) is 0 Å². The number of ether oxygens (including phenoxy) is 2. The predicted molar refractivity (Wildman–Crippen MR) is 99.8 cm³/mol. The lowest BCUT2D eigenvalue weighted by atomic mass is 10.2. The van der Waals surface area contributed by atoms with Crippen LogP contribution in [-0.4, -0.2) is 25.6 Å². The fraction of sp³-hybridized carbons (Fsp3) is 0.211. The molecule has 0 aliphatic heterocycles. The van der Waals surface area contributed by atoms with Crippen molar-refractivity contribution in [3.05, 3.63) is 65.2 Å². The van der Waals surface area contributed by atoms with Gasteiger partial charge in [0.25, 0.3) is 0 Å². The van der Waals surface area contributed by atoms with E-state index < -0.39 is 11.7 Å². The zero-order valence-corrected chi connectivity index (χ0v) is 16.3. The van der Waals surface area contributed by atoms with Crippen LogP contribution in [0.25, 0.3) is 0 Å². The van der Waals surface area contributed by atoms with Crippen molar-refractivity contribution < 1.29 is 32.2 Å². The maximum Gasteiger partial charge on any atom is 0.416 e. The van der Waals surface area contributed by atoms with E-state index in [4.69, 9.17) is 30.7 Å². The summed E-state index contributed by atoms with van der Waals surface area (Å²) in [7, 11) is 1.57. The van der Waals surface area contributed by atoms with Crippen molar-refractivity contribution in [2.45, 2.75) is 11.1 Å². The highest BCUT2D eigenvalue weighted by atomic mass is 35.5. The monoisotopic (exact) mass is 432 g/mol. The molecule has 0 atom stereocenters. The van der Waals surface area contributed by atoms with Crippen LogP contribution in [0, 0.1) is 0 Å². The molecule has 0 heterocycles. The van der Waals surface area contributed by atoms with Crippen molar-refractivity contribution in [3.8, 4) is 11.5 Å². The number of hydrogen-bond acceptors (Lipinski definition) is 5. The average Bonchev–Trinajstić information content (AvgIpc) is 2.65. The Bertz CT molecular complexity index is 817. The van der Waals surface area contributed by atoms with Gasteiger partial charge in [-0.3, -0.25) is 0 Å². The fourth-order valence-electron chi connectivity index (χ4n) is 1.87. The number of benzene rings is 2. The Labute approximate surface area is 169 Å². The van der Waals surface area contributed by atoms with Gasteiger partial charge in [-0.2, -0.15) is 22.8 Å². The van der Waals surface area contributed by atoms with Gasteiger partial charge in [-0.05, 0) is 48.0 Å². The Kier molecular flexibility index (Phi) is 9.65. The Morgan fingerprint density at radius 2 is 1.71 bits per heavy atom. The van der Waals surface area contributed by atoms with Crippen molar-refractivity contribution >= 4 is 29.5 Å². The normalized spacial score (nSPS) is 10.3. The van der Waals surface area contributed by atoms with Crippen LogP contribution in [0.3, 0.4) is 0 Å². The van der Waals surface area contributed by atoms with Gasteiger partial charge in [0.15, 0.2) is 0 Å². The highest BCUT2D eigenvalue weighted by molar-refractivity contribution is 7.99. The van der Waals surface area contributed by atoms with Gasteiger partial charge in [-0.25, -0.2) is 0 Å². The maximum absolute atomic E-state index is 12.5. The number of halogens is 4. The second kappa shape index (κ2) is 11.4. The summed E-state index contributed by atoms with van der Waals surface area (Å²) in [6.07, 6.45) is -4.10. The van der Waals surface area contributed by atoms with Gasteiger partial charge in [-0.15, -0.1) is 11.8 Å². The van der Waals surface area contributed by atoms with Gasteiger partial charge in [0.2, 0.25) is 0 Å². The van der Waals surface area contributed by atoms with Gasteiger partial charge >= 0.3 is 12.3 Å². The number of methoxy groups -OCH3 is 1. The van der Waals surface area contributed by atoms with E-state index in [0.29, 0.717) is 22.3 Å². The first-order valence-electron chi connectivity index (χ1n) is 7.63. The summed E-state index contributed by atoms with van der Waals surface area (Å²) >= 11 is 7.66. The third-order valence-corrected chi connectivity index (χ3v) is 4.84. The van der Waals surface area contributed by atoms with E-state index in [9.17, 15) is 13.2 Å². The molecule has 0 N–H and O–H groups in total. The maximum atomic E-state index is 12.5. The highest BCUT2D eigenvalue weighted by Crippen LogP contribution is 2.32. The van der Waals surface area contributed by atoms with E-state index in [-0.39, 0.29) is 12.8 Å². The summed E-state index contributed by atoms with van der Waals surface area (Å²) in [5.41, 5.74) is 0.0835. The van der Waals surface area contributed by atoms with Crippen LogP contribution in [0.4, 0.5) is 13.2 Å². The van der Waals surface area contributed by atoms with Crippen LogP contribution in [0.2, 0.25) is 5.02 Å². The van der Waals surface area contributed by atoms with Gasteiger partial charge in [0.05, 0.1) is 17.7 Å². The molecule has 0 aromatic heterocycles. The first-order chi connectivity index (χ1) is 13.2. The molecule has 2 aromatic carbocycles. The van der Waals surface area contributed by atoms with Crippen molar-refractivity contribution in [1.82, 2.24) is 0 Å². The minimum atomic E-state index is -4.35. The largest absolute Gasteiger partial charge is 0.497 e. The van der Waals surface area contributed by atoms with E-state index >= 15 is 0 Å². The molecule has 0 saturated carbocycles. The lowest BCUT2D eigenvalue weighted by Gasteiger charge is -2.11. The summed E-state index contributed by atoms with van der Waals surface area (Å²) < 4.78 is 48.0. The SMILES string of the molecule is C=C(COc1ccc(C(F)(F)F)cc1)CSc1ccc(OC)cc1Cl.O=C=O. The van der Waals surface area contributed by atoms with Crippen LogP contribution in [0.15, 0.2) is 59.5 Å². The molecular weight excluding hydrogens is 417 g/mol. The Morgan fingerprint density at radius 1 is 1.14 bits per heavy atom. The van der Waals surface area contributed by atoms with Crippen LogP contribution in [0.1, 0.15) is 5.56 Å². The van der Waals surface area contributed by atoms with E-state index in [1.807, 2.05) is 12.1 Å². The minimum Gasteiger partial charge on any atom is -0.497 e. The smallest absolute Gasteiger partial charge is 0.416 e. The van der Waals surface area contributed by atoms with Gasteiger partial charge in [0, 0.05) is 10.6 Å². The van der Waals surface area contributed by atoms with Gasteiger partial charge in [0.1, 0.15) is 18.1 Å². The zero-order valence-electron chi connectivity index (χ0n) is 14.7. The predicted octanol–water partition coefficient (Wildman–Crippen LogP) is 5.51. The Balaban J connectivity index is 0.00000122. The van der Waals surface area contributed by atoms with Crippen LogP contribution >= 0.6 is 23.4 Å². The number of carbonyl (C=O) groups excluding carboxylic acids is 2. The number of alkyl halides is 3. The molecule has 28 heavy (non-hydrogen) atoms. The molecule has 0 amide bonds. The fourth-order valence-corrected chi connectivity index (χ4v) is 3.01. The van der Waals surface area contributed by atoms with E-state index in [1.54, 1.807) is 13.2 Å². The summed E-state index contributed by atoms with van der Waals surface area (Å²) in [6, 6.07) is 9.97. The lowest BCUT2D eigenvalue weighted by molar-refractivity contribution is -0.191. The zero-order chi connectivity index (χ0) is 21.2. The molecule has 0 spiro atoms. The molecule has 9 heteroatoms. The van der Waals surface area contributed by atoms with Gasteiger partial charge in [-0.1, -0.05) is 18.2 Å². The molecule has 4 nitrogen and oxygen atoms in total. The third-order valence-electron chi connectivity index (χ3n) is 3.20. The molecule has 2 rings (SSSR count). The Hall–Kier alpha value is -2.41. The molecule has 0 radical (unpaired) electrons. The number of thioether (sulfide) groups is 1. The average molecular weight is 433 g/mol. The summed E-state index contributed by atoms with van der Waals surface area (Å²) in [5.74, 6) is 1.62. The number of rotatable bonds is 7. The quantitative estimate of drug-likeness (QED) is 0.426. The summed E-state index contributed by atoms with van der Waals surface area (Å²) in [5, 5.41) is 0.584. The van der Waals surface area contributed by atoms with Crippen LogP contribution in [0.5, 0.6) is 11.5 Å². The molecule has 0 unspecified atom stereocenters. The molecule has 0 bridgehead atoms. The minimum absolute atomic E-state index is 0.214. The third kappa shape index (κ3) is 8.08. The summed E-state index contributed by atoms with van der Waals surface area (Å²) in [4.78, 5) is 17.1. The molecule has 0 saturated heterocycles. The standard InChI is InChI=1S/C18H16ClF3O2S.CO2/c1-12(11-25-17-8-7-15(23-2)9-16(17)19)10-24-14-5-3-13(4-6-14)18(20,21)22;2-1-3/h3-9H,1,10-11H2,2H3;. The first-order valence-corrected chi connectivity index (χ1v) is 9.00. The summed E-state index contributed by atoms with van der Waals surface area (Å²) in [6.45, 7) is 4.13. The van der Waals surface area contributed by atoms with Crippen LogP contribution < -0.4 is 9.47 Å². The number of hydrogen-bond donors (Lipinski definition) is 0. The molecule has 150 valence electrons. The highest BCUT2D eigenvalue weighted by Gasteiger charge is 2.29. The molecule has 0 fully saturated rings. The van der Waals surface area contributed by atoms with E-state index in [2.05, 4.69) is 6.58 Å². The topological polar surface area (TPSA) is 52.6 Å². The molecule has 0 aliphatic rings. The molecule has 2 aromatic rings. The second-order valence-corrected chi connectivity index (χ2v) is 6.65. The lowest BCUT2D eigenvalue weighted by Crippen LogP contribution is -2.05. The van der Waals surface area contributed by atoms with Crippen molar-refractivity contribution in [2.75, 3.05) is 19.5 Å². The van der Waals surface area contributed by atoms with Crippen molar-refractivity contribution in [3.63, 3.8) is 0 Å². The molecule has 0 aliphatic carbocycles. The molecular formula is C19H16ClF3O4S. The van der Waals surface area contributed by atoms with Gasteiger partial charge < -0.3 is 9.47 Å². The Morgan fingerprint density at radius 3 is 2.21 bits per heavy atom. The van der Waals surface area contributed by atoms with Crippen molar-refractivity contribution in [1.29, 1.82) is 0 Å². The van der Waals surface area contributed by atoms with E-state index in [0.717, 1.165) is 22.6 Å². The first kappa shape index (κ1) is 23.6. The van der Waals surface area contributed by atoms with E-state index in [1.165, 1.54) is 23.9 Å².